The van der Waals surface area contributed by atoms with Crippen molar-refractivity contribution in [1.29, 1.82) is 0 Å². The number of nitrogens with zero attached hydrogens (tertiary/aromatic N) is 2. The summed E-state index contributed by atoms with van der Waals surface area (Å²) < 4.78 is 0.992. The summed E-state index contributed by atoms with van der Waals surface area (Å²) in [5, 5.41) is 10.8. The Bertz CT molecular complexity index is 443. The minimum absolute atomic E-state index is 0.271. The Balaban J connectivity index is 2.90. The molecule has 20 heavy (non-hydrogen) atoms. The average molecular weight is 342 g/mol. The van der Waals surface area contributed by atoms with E-state index in [-0.39, 0.29) is 6.54 Å². The number of rotatable bonds is 6. The van der Waals surface area contributed by atoms with Crippen molar-refractivity contribution in [3.8, 4) is 0 Å². The van der Waals surface area contributed by atoms with Gasteiger partial charge in [0.05, 0.1) is 6.54 Å². The lowest BCUT2D eigenvalue weighted by atomic mass is 9.91. The molecule has 1 atom stereocenters. The van der Waals surface area contributed by atoms with E-state index in [1.54, 1.807) is 0 Å². The molecule has 0 heterocycles. The Hall–Kier alpha value is -1.07. The molecule has 0 saturated heterocycles. The summed E-state index contributed by atoms with van der Waals surface area (Å²) in [7, 11) is 0. The molecule has 0 bridgehead atoms. The van der Waals surface area contributed by atoms with Crippen LogP contribution in [0.3, 0.4) is 0 Å². The maximum absolute atomic E-state index is 10.8. The van der Waals surface area contributed by atoms with Gasteiger partial charge in [-0.25, -0.2) is 4.99 Å². The van der Waals surface area contributed by atoms with Gasteiger partial charge in [-0.05, 0) is 38.0 Å². The largest absolute Gasteiger partial charge is 0.383 e. The van der Waals surface area contributed by atoms with Crippen molar-refractivity contribution in [3.05, 3.63) is 34.3 Å². The Morgan fingerprint density at radius 2 is 1.80 bits per heavy atom. The van der Waals surface area contributed by atoms with E-state index < -0.39 is 5.60 Å². The third kappa shape index (κ3) is 4.21. The first-order valence-electron chi connectivity index (χ1n) is 7.00. The Kier molecular flexibility index (Phi) is 6.49. The molecule has 112 valence electrons. The number of guanidine groups is 1. The van der Waals surface area contributed by atoms with Crippen molar-refractivity contribution >= 4 is 21.9 Å². The second kappa shape index (κ2) is 7.64. The van der Waals surface area contributed by atoms with Crippen molar-refractivity contribution in [2.24, 2.45) is 10.7 Å². The van der Waals surface area contributed by atoms with Gasteiger partial charge in [-0.3, -0.25) is 0 Å². The van der Waals surface area contributed by atoms with Crippen LogP contribution in [-0.4, -0.2) is 35.6 Å². The van der Waals surface area contributed by atoms with Crippen LogP contribution < -0.4 is 5.73 Å². The zero-order valence-electron chi connectivity index (χ0n) is 12.4. The van der Waals surface area contributed by atoms with Crippen LogP contribution in [0, 0.1) is 0 Å². The van der Waals surface area contributed by atoms with E-state index in [9.17, 15) is 5.11 Å². The molecule has 0 aromatic heterocycles. The Morgan fingerprint density at radius 1 is 1.25 bits per heavy atom. The van der Waals surface area contributed by atoms with E-state index in [0.717, 1.165) is 23.1 Å². The summed E-state index contributed by atoms with van der Waals surface area (Å²) in [6, 6.07) is 7.67. The average Bonchev–Trinajstić information content (AvgIpc) is 2.46. The van der Waals surface area contributed by atoms with Crippen LogP contribution in [0.4, 0.5) is 0 Å². The normalized spacial score (nSPS) is 14.9. The molecule has 0 aliphatic heterocycles. The minimum atomic E-state index is -0.974. The van der Waals surface area contributed by atoms with Crippen LogP contribution >= 0.6 is 15.9 Å². The van der Waals surface area contributed by atoms with Gasteiger partial charge in [0, 0.05) is 17.6 Å². The highest BCUT2D eigenvalue weighted by Gasteiger charge is 2.27. The number of benzene rings is 1. The fraction of sp³-hybridized carbons (Fsp3) is 0.533. The lowest BCUT2D eigenvalue weighted by Crippen LogP contribution is -2.39. The highest BCUT2D eigenvalue weighted by Crippen LogP contribution is 2.26. The van der Waals surface area contributed by atoms with Crippen molar-refractivity contribution in [1.82, 2.24) is 4.90 Å². The van der Waals surface area contributed by atoms with Gasteiger partial charge in [0.15, 0.2) is 5.96 Å². The summed E-state index contributed by atoms with van der Waals surface area (Å²) >= 11 is 3.40. The molecule has 1 rings (SSSR count). The van der Waals surface area contributed by atoms with E-state index in [2.05, 4.69) is 20.9 Å². The first kappa shape index (κ1) is 17.0. The van der Waals surface area contributed by atoms with E-state index >= 15 is 0 Å². The third-order valence-electron chi connectivity index (χ3n) is 3.56. The summed E-state index contributed by atoms with van der Waals surface area (Å²) in [6.45, 7) is 7.92. The maximum atomic E-state index is 10.8. The predicted molar refractivity (Wildman–Crippen MR) is 87.7 cm³/mol. The fourth-order valence-corrected chi connectivity index (χ4v) is 2.29. The first-order chi connectivity index (χ1) is 9.46. The maximum Gasteiger partial charge on any atom is 0.191 e. The van der Waals surface area contributed by atoms with Gasteiger partial charge in [-0.1, -0.05) is 35.0 Å². The quantitative estimate of drug-likeness (QED) is 0.617. The highest BCUT2D eigenvalue weighted by atomic mass is 79.9. The summed E-state index contributed by atoms with van der Waals surface area (Å²) in [5.41, 5.74) is 5.85. The van der Waals surface area contributed by atoms with Crippen molar-refractivity contribution in [2.75, 3.05) is 19.6 Å². The van der Waals surface area contributed by atoms with E-state index in [1.165, 1.54) is 0 Å². The van der Waals surface area contributed by atoms with Gasteiger partial charge >= 0.3 is 0 Å². The number of hydrogen-bond acceptors (Lipinski definition) is 2. The van der Waals surface area contributed by atoms with E-state index in [4.69, 9.17) is 5.73 Å². The second-order valence-corrected chi connectivity index (χ2v) is 5.65. The number of nitrogens with two attached hydrogens (primary N) is 1. The lowest BCUT2D eigenvalue weighted by Gasteiger charge is -2.27. The lowest BCUT2D eigenvalue weighted by molar-refractivity contribution is 0.0421. The molecule has 5 heteroatoms. The molecule has 4 nitrogen and oxygen atoms in total. The van der Waals surface area contributed by atoms with Crippen molar-refractivity contribution in [2.45, 2.75) is 32.8 Å². The van der Waals surface area contributed by atoms with E-state index in [1.807, 2.05) is 49.9 Å². The summed E-state index contributed by atoms with van der Waals surface area (Å²) in [5.74, 6) is 0.485. The molecule has 1 aromatic carbocycles. The molecule has 0 saturated carbocycles. The number of halogens is 1. The topological polar surface area (TPSA) is 61.8 Å². The van der Waals surface area contributed by atoms with Crippen molar-refractivity contribution in [3.63, 3.8) is 0 Å². The molecule has 0 aliphatic carbocycles. The molecule has 3 N–H and O–H groups in total. The zero-order valence-corrected chi connectivity index (χ0v) is 14.0. The SMILES string of the molecule is CCN(CC)C(N)=NCC(O)(CC)c1ccc(Br)cc1. The highest BCUT2D eigenvalue weighted by molar-refractivity contribution is 9.10. The van der Waals surface area contributed by atoms with Crippen LogP contribution in [0.15, 0.2) is 33.7 Å². The smallest absolute Gasteiger partial charge is 0.191 e. The molecule has 1 aromatic rings. The fourth-order valence-electron chi connectivity index (χ4n) is 2.03. The van der Waals surface area contributed by atoms with Crippen LogP contribution in [0.25, 0.3) is 0 Å². The summed E-state index contributed by atoms with van der Waals surface area (Å²) in [6.07, 6.45) is 0.587. The molecular weight excluding hydrogens is 318 g/mol. The molecule has 0 aliphatic rings. The zero-order chi connectivity index (χ0) is 15.2. The van der Waals surface area contributed by atoms with Crippen LogP contribution in [0.2, 0.25) is 0 Å². The molecule has 0 fully saturated rings. The van der Waals surface area contributed by atoms with Gasteiger partial charge in [0.1, 0.15) is 5.60 Å². The van der Waals surface area contributed by atoms with Gasteiger partial charge in [0.2, 0.25) is 0 Å². The van der Waals surface area contributed by atoms with Gasteiger partial charge in [-0.2, -0.15) is 0 Å². The van der Waals surface area contributed by atoms with Crippen LogP contribution in [0.1, 0.15) is 32.8 Å². The number of aliphatic imine (C=N–C) groups is 1. The molecule has 0 radical (unpaired) electrons. The third-order valence-corrected chi connectivity index (χ3v) is 4.09. The number of hydrogen-bond donors (Lipinski definition) is 2. The predicted octanol–water partition coefficient (Wildman–Crippen LogP) is 2.70. The molecule has 0 spiro atoms. The second-order valence-electron chi connectivity index (χ2n) is 4.74. The monoisotopic (exact) mass is 341 g/mol. The van der Waals surface area contributed by atoms with Crippen LogP contribution in [0.5, 0.6) is 0 Å². The minimum Gasteiger partial charge on any atom is -0.383 e. The van der Waals surface area contributed by atoms with E-state index in [0.29, 0.717) is 12.4 Å². The molecule has 1 unspecified atom stereocenters. The van der Waals surface area contributed by atoms with Gasteiger partial charge in [-0.15, -0.1) is 0 Å². The van der Waals surface area contributed by atoms with Crippen LogP contribution in [-0.2, 0) is 5.60 Å². The molecule has 0 amide bonds. The van der Waals surface area contributed by atoms with Crippen molar-refractivity contribution < 1.29 is 5.11 Å². The van der Waals surface area contributed by atoms with Gasteiger partial charge in [0.25, 0.3) is 0 Å². The van der Waals surface area contributed by atoms with Gasteiger partial charge < -0.3 is 15.7 Å². The standard InChI is InChI=1S/C15H24BrN3O/c1-4-15(20,12-7-9-13(16)10-8-12)11-18-14(17)19(5-2)6-3/h7-10,20H,4-6,11H2,1-3H3,(H2,17,18). The summed E-state index contributed by atoms with van der Waals surface area (Å²) in [4.78, 5) is 6.34. The Labute approximate surface area is 129 Å². The molecular formula is C15H24BrN3O. The Morgan fingerprint density at radius 3 is 2.25 bits per heavy atom. The first-order valence-corrected chi connectivity index (χ1v) is 7.79. The number of aliphatic hydroxyl groups is 1.